The quantitative estimate of drug-likeness (QED) is 0.739. The van der Waals surface area contributed by atoms with E-state index in [1.807, 2.05) is 6.92 Å². The number of hydrogen-bond donors (Lipinski definition) is 1. The van der Waals surface area contributed by atoms with E-state index in [4.69, 9.17) is 12.2 Å². The summed E-state index contributed by atoms with van der Waals surface area (Å²) in [5, 5.41) is 9.42. The van der Waals surface area contributed by atoms with Gasteiger partial charge in [-0.1, -0.05) is 18.6 Å². The van der Waals surface area contributed by atoms with Crippen LogP contribution < -0.4 is 0 Å². The van der Waals surface area contributed by atoms with Gasteiger partial charge < -0.3 is 9.55 Å². The highest BCUT2D eigenvalue weighted by atomic mass is 32.1. The average Bonchev–Trinajstić information content (AvgIpc) is 2.49. The van der Waals surface area contributed by atoms with Crippen LogP contribution in [0.2, 0.25) is 0 Å². The fourth-order valence-corrected chi connectivity index (χ4v) is 3.14. The number of rotatable bonds is 0. The van der Waals surface area contributed by atoms with Crippen LogP contribution in [-0.2, 0) is 13.0 Å². The number of nitriles is 1. The van der Waals surface area contributed by atoms with Gasteiger partial charge in [-0.25, -0.2) is 4.98 Å². The highest BCUT2D eigenvalue weighted by Gasteiger charge is 2.20. The summed E-state index contributed by atoms with van der Waals surface area (Å²) in [5.74, 6) is 0.768. The molecule has 0 radical (unpaired) electrons. The zero-order valence-corrected chi connectivity index (χ0v) is 11.1. The Bertz CT molecular complexity index is 717. The summed E-state index contributed by atoms with van der Waals surface area (Å²) in [6.45, 7) is 2.81. The zero-order chi connectivity index (χ0) is 12.7. The Hall–Kier alpha value is -1.67. The predicted octanol–water partition coefficient (Wildman–Crippen LogP) is 3.00. The SMILES string of the molecule is Cc1nc(=S)c2c([nH]1)c(C#N)c1n2CCCCC1. The predicted molar refractivity (Wildman–Crippen MR) is 71.9 cm³/mol. The smallest absolute Gasteiger partial charge is 0.154 e. The van der Waals surface area contributed by atoms with E-state index in [1.165, 1.54) is 6.42 Å². The third-order valence-corrected chi connectivity index (χ3v) is 3.84. The van der Waals surface area contributed by atoms with Crippen LogP contribution in [0.25, 0.3) is 11.0 Å². The minimum atomic E-state index is 0.603. The molecule has 0 saturated heterocycles. The van der Waals surface area contributed by atoms with Gasteiger partial charge in [0.1, 0.15) is 17.4 Å². The molecule has 4 nitrogen and oxygen atoms in total. The van der Waals surface area contributed by atoms with E-state index in [0.717, 1.165) is 53.9 Å². The standard InChI is InChI=1S/C13H14N4S/c1-8-15-11-9(7-14)10-5-3-2-4-6-17(10)12(11)13(18)16-8/h2-6H2,1H3,(H,15,16,18). The Labute approximate surface area is 110 Å². The molecule has 5 heteroatoms. The molecule has 0 saturated carbocycles. The largest absolute Gasteiger partial charge is 0.341 e. The van der Waals surface area contributed by atoms with Crippen LogP contribution in [0.3, 0.4) is 0 Å². The molecule has 3 rings (SSSR count). The normalized spacial score (nSPS) is 15.1. The molecule has 0 unspecified atom stereocenters. The molecule has 0 amide bonds. The number of nitrogens with one attached hydrogen (secondary N) is 1. The molecule has 0 fully saturated rings. The van der Waals surface area contributed by atoms with Crippen LogP contribution in [0.5, 0.6) is 0 Å². The van der Waals surface area contributed by atoms with Crippen LogP contribution in [-0.4, -0.2) is 14.5 Å². The second kappa shape index (κ2) is 4.21. The van der Waals surface area contributed by atoms with Crippen molar-refractivity contribution >= 4 is 23.3 Å². The molecule has 0 spiro atoms. The maximum Gasteiger partial charge on any atom is 0.154 e. The van der Waals surface area contributed by atoms with Crippen LogP contribution >= 0.6 is 12.2 Å². The van der Waals surface area contributed by atoms with Gasteiger partial charge in [0.05, 0.1) is 11.1 Å². The van der Waals surface area contributed by atoms with Crippen LogP contribution in [0, 0.1) is 22.9 Å². The molecule has 92 valence electrons. The first-order chi connectivity index (χ1) is 8.72. The molecular formula is C13H14N4S. The van der Waals surface area contributed by atoms with Crippen molar-refractivity contribution in [3.63, 3.8) is 0 Å². The zero-order valence-electron chi connectivity index (χ0n) is 10.3. The minimum Gasteiger partial charge on any atom is -0.341 e. The molecule has 0 atom stereocenters. The van der Waals surface area contributed by atoms with E-state index in [2.05, 4.69) is 20.6 Å². The first-order valence-electron chi connectivity index (χ1n) is 6.24. The summed E-state index contributed by atoms with van der Waals surface area (Å²) in [7, 11) is 0. The molecule has 0 bridgehead atoms. The molecule has 1 N–H and O–H groups in total. The third kappa shape index (κ3) is 1.57. The summed E-state index contributed by atoms with van der Waals surface area (Å²) >= 11 is 5.37. The van der Waals surface area contributed by atoms with Gasteiger partial charge in [-0.2, -0.15) is 5.26 Å². The Kier molecular flexibility index (Phi) is 2.67. The van der Waals surface area contributed by atoms with Crippen molar-refractivity contribution in [3.8, 4) is 6.07 Å². The van der Waals surface area contributed by atoms with Gasteiger partial charge >= 0.3 is 0 Å². The fourth-order valence-electron chi connectivity index (χ4n) is 2.79. The second-order valence-corrected chi connectivity index (χ2v) is 5.13. The molecule has 1 aliphatic heterocycles. The van der Waals surface area contributed by atoms with Gasteiger partial charge in [0.2, 0.25) is 0 Å². The van der Waals surface area contributed by atoms with E-state index in [-0.39, 0.29) is 0 Å². The molecule has 2 aromatic rings. The van der Waals surface area contributed by atoms with Crippen molar-refractivity contribution in [2.24, 2.45) is 0 Å². The summed E-state index contributed by atoms with van der Waals surface area (Å²) < 4.78 is 2.80. The number of aromatic nitrogens is 3. The molecule has 1 aliphatic rings. The molecule has 0 aromatic carbocycles. The summed E-state index contributed by atoms with van der Waals surface area (Å²) in [5.41, 5.74) is 3.68. The van der Waals surface area contributed by atoms with E-state index in [9.17, 15) is 5.26 Å². The van der Waals surface area contributed by atoms with Crippen molar-refractivity contribution in [2.75, 3.05) is 0 Å². The van der Waals surface area contributed by atoms with Gasteiger partial charge in [-0.05, 0) is 26.2 Å². The Morgan fingerprint density at radius 3 is 3.00 bits per heavy atom. The minimum absolute atomic E-state index is 0.603. The number of fused-ring (bicyclic) bond motifs is 3. The maximum atomic E-state index is 9.42. The van der Waals surface area contributed by atoms with E-state index in [1.54, 1.807) is 0 Å². The van der Waals surface area contributed by atoms with Crippen molar-refractivity contribution in [1.82, 2.24) is 14.5 Å². The third-order valence-electron chi connectivity index (χ3n) is 3.56. The molecule has 3 heterocycles. The Morgan fingerprint density at radius 1 is 1.39 bits per heavy atom. The van der Waals surface area contributed by atoms with E-state index in [0.29, 0.717) is 4.64 Å². The lowest BCUT2D eigenvalue weighted by molar-refractivity contribution is 0.647. The van der Waals surface area contributed by atoms with Gasteiger partial charge in [0, 0.05) is 12.2 Å². The topological polar surface area (TPSA) is 57.4 Å². The van der Waals surface area contributed by atoms with E-state index >= 15 is 0 Å². The first kappa shape index (κ1) is 11.4. The molecule has 18 heavy (non-hydrogen) atoms. The molecule has 2 aromatic heterocycles. The van der Waals surface area contributed by atoms with Gasteiger partial charge in [0.15, 0.2) is 4.64 Å². The lowest BCUT2D eigenvalue weighted by Gasteiger charge is -2.05. The molecular weight excluding hydrogens is 244 g/mol. The van der Waals surface area contributed by atoms with Gasteiger partial charge in [-0.15, -0.1) is 0 Å². The van der Waals surface area contributed by atoms with Crippen molar-refractivity contribution in [2.45, 2.75) is 39.2 Å². The summed E-state index contributed by atoms with van der Waals surface area (Å²) in [6.07, 6.45) is 4.46. The van der Waals surface area contributed by atoms with Crippen LogP contribution in [0.4, 0.5) is 0 Å². The number of nitrogens with zero attached hydrogens (tertiary/aromatic N) is 3. The fraction of sp³-hybridized carbons (Fsp3) is 0.462. The van der Waals surface area contributed by atoms with Gasteiger partial charge in [-0.3, -0.25) is 0 Å². The second-order valence-electron chi connectivity index (χ2n) is 4.75. The highest BCUT2D eigenvalue weighted by molar-refractivity contribution is 7.71. The first-order valence-corrected chi connectivity index (χ1v) is 6.65. The number of hydrogen-bond acceptors (Lipinski definition) is 3. The summed E-state index contributed by atoms with van der Waals surface area (Å²) in [6, 6.07) is 2.33. The summed E-state index contributed by atoms with van der Waals surface area (Å²) in [4.78, 5) is 7.52. The Balaban J connectivity index is 2.46. The lowest BCUT2D eigenvalue weighted by Crippen LogP contribution is -2.01. The van der Waals surface area contributed by atoms with Crippen LogP contribution in [0.15, 0.2) is 0 Å². The lowest BCUT2D eigenvalue weighted by atomic mass is 10.1. The van der Waals surface area contributed by atoms with Crippen molar-refractivity contribution in [1.29, 1.82) is 5.26 Å². The van der Waals surface area contributed by atoms with Crippen molar-refractivity contribution < 1.29 is 0 Å². The number of aromatic amines is 1. The van der Waals surface area contributed by atoms with Crippen LogP contribution in [0.1, 0.15) is 36.3 Å². The molecule has 0 aliphatic carbocycles. The van der Waals surface area contributed by atoms with E-state index < -0.39 is 0 Å². The number of aryl methyl sites for hydroxylation is 2. The van der Waals surface area contributed by atoms with Gasteiger partial charge in [0.25, 0.3) is 0 Å². The number of H-pyrrole nitrogens is 1. The maximum absolute atomic E-state index is 9.42. The average molecular weight is 258 g/mol. The Morgan fingerprint density at radius 2 is 2.22 bits per heavy atom. The van der Waals surface area contributed by atoms with Crippen molar-refractivity contribution in [3.05, 3.63) is 21.7 Å². The highest BCUT2D eigenvalue weighted by Crippen LogP contribution is 2.28. The monoisotopic (exact) mass is 258 g/mol.